The van der Waals surface area contributed by atoms with Crippen molar-refractivity contribution < 1.29 is 9.53 Å². The second-order valence-electron chi connectivity index (χ2n) is 8.22. The number of piperidine rings is 1. The van der Waals surface area contributed by atoms with Crippen molar-refractivity contribution in [2.45, 2.75) is 58.0 Å². The van der Waals surface area contributed by atoms with Crippen molar-refractivity contribution in [3.63, 3.8) is 0 Å². The Morgan fingerprint density at radius 2 is 2.12 bits per heavy atom. The highest BCUT2D eigenvalue weighted by Crippen LogP contribution is 2.30. The monoisotopic (exact) mass is 358 g/mol. The van der Waals surface area contributed by atoms with Gasteiger partial charge in [0.15, 0.2) is 0 Å². The van der Waals surface area contributed by atoms with Crippen LogP contribution in [0, 0.1) is 0 Å². The molecule has 142 valence electrons. The van der Waals surface area contributed by atoms with Crippen molar-refractivity contribution in [3.8, 4) is 5.75 Å². The Morgan fingerprint density at radius 3 is 2.77 bits per heavy atom. The van der Waals surface area contributed by atoms with Crippen molar-refractivity contribution >= 4 is 17.1 Å². The maximum absolute atomic E-state index is 11.5. The van der Waals surface area contributed by atoms with Crippen LogP contribution < -0.4 is 10.1 Å². The molecule has 2 aromatic rings. The third-order valence-corrected chi connectivity index (χ3v) is 5.12. The summed E-state index contributed by atoms with van der Waals surface area (Å²) in [6.45, 7) is 8.67. The number of hydrogen-bond acceptors (Lipinski definition) is 4. The predicted octanol–water partition coefficient (Wildman–Crippen LogP) is 3.54. The zero-order valence-electron chi connectivity index (χ0n) is 16.5. The lowest BCUT2D eigenvalue weighted by atomic mass is 9.95. The molecule has 0 spiro atoms. The number of aromatic nitrogens is 2. The third kappa shape index (κ3) is 3.85. The zero-order chi connectivity index (χ0) is 18.9. The number of likely N-dealkylation sites (tertiary alicyclic amines) is 1. The van der Waals surface area contributed by atoms with E-state index in [2.05, 4.69) is 42.6 Å². The summed E-state index contributed by atoms with van der Waals surface area (Å²) < 4.78 is 7.62. The normalized spacial score (nSPS) is 18.9. The molecule has 1 atom stereocenters. The van der Waals surface area contributed by atoms with Crippen LogP contribution >= 0.6 is 0 Å². The number of hydrogen-bond donors (Lipinski definition) is 1. The summed E-state index contributed by atoms with van der Waals surface area (Å²) in [6, 6.07) is 6.23. The number of likely N-dealkylation sites (N-methyl/N-ethyl adjacent to an activating group) is 1. The van der Waals surface area contributed by atoms with Gasteiger partial charge in [0.1, 0.15) is 11.6 Å². The second kappa shape index (κ2) is 7.27. The molecule has 1 aromatic carbocycles. The molecule has 1 amide bonds. The fourth-order valence-electron chi connectivity index (χ4n) is 3.67. The number of rotatable bonds is 3. The molecule has 3 rings (SSSR count). The summed E-state index contributed by atoms with van der Waals surface area (Å²) in [4.78, 5) is 18.8. The van der Waals surface area contributed by atoms with Crippen LogP contribution in [0.15, 0.2) is 18.2 Å². The van der Waals surface area contributed by atoms with Crippen molar-refractivity contribution in [3.05, 3.63) is 24.0 Å². The Morgan fingerprint density at radius 1 is 1.35 bits per heavy atom. The van der Waals surface area contributed by atoms with Crippen LogP contribution in [0.25, 0.3) is 11.0 Å². The minimum Gasteiger partial charge on any atom is -0.410 e. The molecule has 26 heavy (non-hydrogen) atoms. The molecule has 1 aliphatic heterocycles. The number of nitrogens with one attached hydrogen (secondary N) is 1. The lowest BCUT2D eigenvalue weighted by Crippen LogP contribution is -2.40. The Bertz CT molecular complexity index is 791. The maximum atomic E-state index is 11.5. The molecule has 1 aromatic heterocycles. The summed E-state index contributed by atoms with van der Waals surface area (Å²) in [5.41, 5.74) is 1.90. The Kier molecular flexibility index (Phi) is 5.23. The van der Waals surface area contributed by atoms with Gasteiger partial charge < -0.3 is 19.5 Å². The predicted molar refractivity (Wildman–Crippen MR) is 104 cm³/mol. The summed E-state index contributed by atoms with van der Waals surface area (Å²) in [6.07, 6.45) is 3.32. The van der Waals surface area contributed by atoms with Gasteiger partial charge in [0.25, 0.3) is 0 Å². The standard InChI is InChI=1S/C20H30N4O2/c1-20(2,3)18-22-16-12-15(26-19(25)21-4)9-10-17(16)24(18)13-14-8-6-7-11-23(14)5/h9-10,12,14H,6-8,11,13H2,1-5H3,(H,21,25)/t14-/m1/s1. The Labute approximate surface area is 155 Å². The average molecular weight is 358 g/mol. The molecule has 0 saturated carbocycles. The molecule has 6 heteroatoms. The van der Waals surface area contributed by atoms with Gasteiger partial charge in [-0.15, -0.1) is 0 Å². The molecule has 1 saturated heterocycles. The van der Waals surface area contributed by atoms with E-state index >= 15 is 0 Å². The first kappa shape index (κ1) is 18.7. The highest BCUT2D eigenvalue weighted by atomic mass is 16.5. The van der Waals surface area contributed by atoms with Crippen molar-refractivity contribution in [1.29, 1.82) is 0 Å². The molecule has 1 N–H and O–H groups in total. The van der Waals surface area contributed by atoms with E-state index in [9.17, 15) is 4.79 Å². The number of ether oxygens (including phenoxy) is 1. The largest absolute Gasteiger partial charge is 0.412 e. The lowest BCUT2D eigenvalue weighted by Gasteiger charge is -2.34. The van der Waals surface area contributed by atoms with Gasteiger partial charge in [-0.3, -0.25) is 0 Å². The van der Waals surface area contributed by atoms with Crippen LogP contribution in [0.5, 0.6) is 5.75 Å². The van der Waals surface area contributed by atoms with Gasteiger partial charge in [-0.2, -0.15) is 0 Å². The van der Waals surface area contributed by atoms with Crippen LogP contribution in [0.4, 0.5) is 4.79 Å². The number of nitrogens with zero attached hydrogens (tertiary/aromatic N) is 3. The number of imidazole rings is 1. The number of benzene rings is 1. The van der Waals surface area contributed by atoms with Crippen molar-refractivity contribution in [2.24, 2.45) is 0 Å². The van der Waals surface area contributed by atoms with E-state index in [1.54, 1.807) is 7.05 Å². The highest BCUT2D eigenvalue weighted by Gasteiger charge is 2.27. The molecular weight excluding hydrogens is 328 g/mol. The van der Waals surface area contributed by atoms with Crippen molar-refractivity contribution in [1.82, 2.24) is 19.8 Å². The number of carbonyl (C=O) groups excluding carboxylic acids is 1. The highest BCUT2D eigenvalue weighted by molar-refractivity contribution is 5.79. The summed E-state index contributed by atoms with van der Waals surface area (Å²) >= 11 is 0. The zero-order valence-corrected chi connectivity index (χ0v) is 16.5. The minimum atomic E-state index is -0.469. The number of carbonyl (C=O) groups is 1. The summed E-state index contributed by atoms with van der Waals surface area (Å²) in [7, 11) is 3.77. The van der Waals surface area contributed by atoms with E-state index in [-0.39, 0.29) is 5.41 Å². The number of fused-ring (bicyclic) bond motifs is 1. The van der Waals surface area contributed by atoms with Gasteiger partial charge in [0.2, 0.25) is 0 Å². The third-order valence-electron chi connectivity index (χ3n) is 5.12. The second-order valence-corrected chi connectivity index (χ2v) is 8.22. The first-order chi connectivity index (χ1) is 12.3. The Balaban J connectivity index is 2.00. The quantitative estimate of drug-likeness (QED) is 0.912. The van der Waals surface area contributed by atoms with Crippen LogP contribution in [0.2, 0.25) is 0 Å². The van der Waals surface area contributed by atoms with E-state index in [4.69, 9.17) is 9.72 Å². The fourth-order valence-corrected chi connectivity index (χ4v) is 3.67. The van der Waals surface area contributed by atoms with Gasteiger partial charge in [0, 0.05) is 31.1 Å². The molecule has 1 fully saturated rings. The topological polar surface area (TPSA) is 59.4 Å². The minimum absolute atomic E-state index is 0.0614. The van der Waals surface area contributed by atoms with E-state index in [1.165, 1.54) is 19.3 Å². The number of amides is 1. The molecule has 0 radical (unpaired) electrons. The fraction of sp³-hybridized carbons (Fsp3) is 0.600. The van der Waals surface area contributed by atoms with Gasteiger partial charge in [-0.05, 0) is 38.6 Å². The molecule has 0 bridgehead atoms. The SMILES string of the molecule is CNC(=O)Oc1ccc2c(c1)nc(C(C)(C)C)n2C[C@H]1CCCCN1C. The van der Waals surface area contributed by atoms with Gasteiger partial charge in [-0.1, -0.05) is 27.2 Å². The van der Waals surface area contributed by atoms with E-state index in [1.807, 2.05) is 18.2 Å². The van der Waals surface area contributed by atoms with E-state index in [0.29, 0.717) is 11.8 Å². The molecule has 6 nitrogen and oxygen atoms in total. The maximum Gasteiger partial charge on any atom is 0.412 e. The van der Waals surface area contributed by atoms with Crippen LogP contribution in [0.1, 0.15) is 45.9 Å². The van der Waals surface area contributed by atoms with Gasteiger partial charge in [0.05, 0.1) is 11.0 Å². The molecule has 1 aliphatic rings. The van der Waals surface area contributed by atoms with E-state index < -0.39 is 6.09 Å². The van der Waals surface area contributed by atoms with Crippen LogP contribution in [-0.2, 0) is 12.0 Å². The van der Waals surface area contributed by atoms with Gasteiger partial charge >= 0.3 is 6.09 Å². The summed E-state index contributed by atoms with van der Waals surface area (Å²) in [5.74, 6) is 1.58. The molecule has 2 heterocycles. The first-order valence-electron chi connectivity index (χ1n) is 9.40. The molecular formula is C20H30N4O2. The van der Waals surface area contributed by atoms with Crippen molar-refractivity contribution in [2.75, 3.05) is 20.6 Å². The van der Waals surface area contributed by atoms with E-state index in [0.717, 1.165) is 29.9 Å². The average Bonchev–Trinajstić information content (AvgIpc) is 2.95. The first-order valence-corrected chi connectivity index (χ1v) is 9.40. The Hall–Kier alpha value is -2.08. The summed E-state index contributed by atoms with van der Waals surface area (Å²) in [5, 5.41) is 2.47. The smallest absolute Gasteiger partial charge is 0.410 e. The van der Waals surface area contributed by atoms with Gasteiger partial charge in [-0.25, -0.2) is 9.78 Å². The van der Waals surface area contributed by atoms with Crippen LogP contribution in [0.3, 0.4) is 0 Å². The molecule has 0 aliphatic carbocycles. The van der Waals surface area contributed by atoms with Crippen LogP contribution in [-0.4, -0.2) is 47.2 Å². The molecule has 0 unspecified atom stereocenters. The lowest BCUT2D eigenvalue weighted by molar-refractivity contribution is 0.166.